The van der Waals surface area contributed by atoms with Gasteiger partial charge < -0.3 is 10.6 Å². The minimum Gasteiger partial charge on any atom is -0.384 e. The van der Waals surface area contributed by atoms with Gasteiger partial charge in [-0.05, 0) is 43.5 Å². The van der Waals surface area contributed by atoms with E-state index in [-0.39, 0.29) is 5.84 Å². The number of amidine groups is 1. The van der Waals surface area contributed by atoms with Crippen LogP contribution in [0.2, 0.25) is 0 Å². The van der Waals surface area contributed by atoms with Crippen LogP contribution in [0.5, 0.6) is 0 Å². The topological polar surface area (TPSA) is 53.1 Å². The number of nitrogens with zero attached hydrogens (tertiary/aromatic N) is 1. The van der Waals surface area contributed by atoms with Crippen LogP contribution in [0.4, 0.5) is 5.69 Å². The summed E-state index contributed by atoms with van der Waals surface area (Å²) in [6, 6.07) is 6.10. The van der Waals surface area contributed by atoms with E-state index in [2.05, 4.69) is 17.9 Å². The van der Waals surface area contributed by atoms with Gasteiger partial charge in [-0.25, -0.2) is 0 Å². The zero-order valence-corrected chi connectivity index (χ0v) is 11.2. The molecule has 3 nitrogen and oxygen atoms in total. The number of nitrogen functional groups attached to an aromatic ring is 1. The number of nitrogens with two attached hydrogens (primary N) is 1. The molecule has 18 heavy (non-hydrogen) atoms. The lowest BCUT2D eigenvalue weighted by Gasteiger charge is -2.28. The Morgan fingerprint density at radius 3 is 2.28 bits per heavy atom. The molecule has 1 aromatic carbocycles. The molecule has 0 atom stereocenters. The summed E-state index contributed by atoms with van der Waals surface area (Å²) < 4.78 is 0. The Morgan fingerprint density at radius 2 is 1.72 bits per heavy atom. The van der Waals surface area contributed by atoms with Gasteiger partial charge in [0.15, 0.2) is 0 Å². The number of anilines is 1. The molecule has 1 fully saturated rings. The van der Waals surface area contributed by atoms with Gasteiger partial charge in [0.05, 0.1) is 0 Å². The smallest absolute Gasteiger partial charge is 0.122 e. The lowest BCUT2D eigenvalue weighted by atomic mass is 10.0. The van der Waals surface area contributed by atoms with Crippen molar-refractivity contribution in [1.82, 2.24) is 0 Å². The summed E-state index contributed by atoms with van der Waals surface area (Å²) in [6.07, 6.45) is 6.65. The van der Waals surface area contributed by atoms with Gasteiger partial charge >= 0.3 is 0 Å². The second-order valence-electron chi connectivity index (χ2n) is 5.17. The molecule has 1 aliphatic rings. The van der Waals surface area contributed by atoms with E-state index in [4.69, 9.17) is 11.1 Å². The number of hydrogen-bond donors (Lipinski definition) is 2. The fourth-order valence-electron chi connectivity index (χ4n) is 2.67. The molecule has 0 bridgehead atoms. The second-order valence-corrected chi connectivity index (χ2v) is 5.17. The zero-order chi connectivity index (χ0) is 13.0. The Kier molecular flexibility index (Phi) is 4.24. The van der Waals surface area contributed by atoms with E-state index in [0.29, 0.717) is 0 Å². The molecular formula is C15H23N3. The van der Waals surface area contributed by atoms with Crippen molar-refractivity contribution in [3.63, 3.8) is 0 Å². The molecule has 3 N–H and O–H groups in total. The Balaban J connectivity index is 2.18. The van der Waals surface area contributed by atoms with E-state index in [0.717, 1.165) is 18.7 Å². The molecule has 0 aliphatic carbocycles. The van der Waals surface area contributed by atoms with Crippen LogP contribution in [0.25, 0.3) is 0 Å². The molecule has 0 amide bonds. The van der Waals surface area contributed by atoms with Gasteiger partial charge in [-0.2, -0.15) is 0 Å². The fourth-order valence-corrected chi connectivity index (χ4v) is 2.67. The first-order valence-electron chi connectivity index (χ1n) is 6.88. The SMILES string of the molecule is Cc1cc(C(=N)N)ccc1N1CCCCCCC1. The molecule has 0 spiro atoms. The van der Waals surface area contributed by atoms with E-state index in [9.17, 15) is 0 Å². The fraction of sp³-hybridized carbons (Fsp3) is 0.533. The maximum atomic E-state index is 7.48. The normalized spacial score (nSPS) is 17.1. The number of rotatable bonds is 2. The largest absolute Gasteiger partial charge is 0.384 e. The van der Waals surface area contributed by atoms with Crippen molar-refractivity contribution in [1.29, 1.82) is 5.41 Å². The molecular weight excluding hydrogens is 222 g/mol. The van der Waals surface area contributed by atoms with Crippen LogP contribution in [0.3, 0.4) is 0 Å². The highest BCUT2D eigenvalue weighted by Gasteiger charge is 2.11. The summed E-state index contributed by atoms with van der Waals surface area (Å²) in [6.45, 7) is 4.42. The molecule has 0 aromatic heterocycles. The maximum Gasteiger partial charge on any atom is 0.122 e. The highest BCUT2D eigenvalue weighted by Crippen LogP contribution is 2.24. The molecule has 0 unspecified atom stereocenters. The van der Waals surface area contributed by atoms with E-state index >= 15 is 0 Å². The lowest BCUT2D eigenvalue weighted by molar-refractivity contribution is 0.556. The van der Waals surface area contributed by atoms with Crippen LogP contribution in [0.15, 0.2) is 18.2 Å². The zero-order valence-electron chi connectivity index (χ0n) is 11.2. The minimum absolute atomic E-state index is 0.150. The lowest BCUT2D eigenvalue weighted by Crippen LogP contribution is -2.27. The van der Waals surface area contributed by atoms with Crippen LogP contribution in [-0.4, -0.2) is 18.9 Å². The standard InChI is InChI=1S/C15H23N3/c1-12-11-13(15(16)17)7-8-14(12)18-9-5-3-2-4-6-10-18/h7-8,11H,2-6,9-10H2,1H3,(H3,16,17). The minimum atomic E-state index is 0.150. The van der Waals surface area contributed by atoms with Crippen molar-refractivity contribution in [2.24, 2.45) is 5.73 Å². The predicted molar refractivity (Wildman–Crippen MR) is 77.5 cm³/mol. The van der Waals surface area contributed by atoms with Crippen molar-refractivity contribution >= 4 is 11.5 Å². The molecule has 0 radical (unpaired) electrons. The highest BCUT2D eigenvalue weighted by atomic mass is 15.1. The Bertz CT molecular complexity index is 418. The summed E-state index contributed by atoms with van der Waals surface area (Å²) in [5.41, 5.74) is 8.88. The summed E-state index contributed by atoms with van der Waals surface area (Å²) in [5, 5.41) is 7.48. The van der Waals surface area contributed by atoms with E-state index in [1.807, 2.05) is 12.1 Å². The number of aryl methyl sites for hydroxylation is 1. The molecule has 1 aromatic rings. The van der Waals surface area contributed by atoms with E-state index < -0.39 is 0 Å². The average molecular weight is 245 g/mol. The van der Waals surface area contributed by atoms with Crippen molar-refractivity contribution in [3.05, 3.63) is 29.3 Å². The monoisotopic (exact) mass is 245 g/mol. The summed E-state index contributed by atoms with van der Waals surface area (Å²) >= 11 is 0. The van der Waals surface area contributed by atoms with Gasteiger partial charge in [-0.3, -0.25) is 5.41 Å². The Labute approximate surface area is 109 Å². The first-order chi connectivity index (χ1) is 8.68. The third-order valence-electron chi connectivity index (χ3n) is 3.70. The van der Waals surface area contributed by atoms with Crippen molar-refractivity contribution in [2.75, 3.05) is 18.0 Å². The van der Waals surface area contributed by atoms with Gasteiger partial charge in [0, 0.05) is 24.3 Å². The summed E-state index contributed by atoms with van der Waals surface area (Å²) in [7, 11) is 0. The first kappa shape index (κ1) is 12.9. The summed E-state index contributed by atoms with van der Waals surface area (Å²) in [4.78, 5) is 2.48. The average Bonchev–Trinajstić information content (AvgIpc) is 2.29. The molecule has 3 heteroatoms. The molecule has 1 saturated heterocycles. The van der Waals surface area contributed by atoms with Crippen molar-refractivity contribution < 1.29 is 0 Å². The van der Waals surface area contributed by atoms with Crippen LogP contribution in [0.1, 0.15) is 43.2 Å². The van der Waals surface area contributed by atoms with Gasteiger partial charge in [0.25, 0.3) is 0 Å². The number of hydrogen-bond acceptors (Lipinski definition) is 2. The molecule has 98 valence electrons. The van der Waals surface area contributed by atoms with Crippen LogP contribution < -0.4 is 10.6 Å². The third-order valence-corrected chi connectivity index (χ3v) is 3.70. The predicted octanol–water partition coefficient (Wildman–Crippen LogP) is 3.05. The second kappa shape index (κ2) is 5.89. The Morgan fingerprint density at radius 1 is 1.11 bits per heavy atom. The molecule has 1 heterocycles. The van der Waals surface area contributed by atoms with Crippen LogP contribution in [-0.2, 0) is 0 Å². The first-order valence-corrected chi connectivity index (χ1v) is 6.88. The highest BCUT2D eigenvalue weighted by molar-refractivity contribution is 5.95. The number of nitrogens with one attached hydrogen (secondary N) is 1. The molecule has 0 saturated carbocycles. The molecule has 2 rings (SSSR count). The van der Waals surface area contributed by atoms with Gasteiger partial charge in [0.2, 0.25) is 0 Å². The van der Waals surface area contributed by atoms with E-state index in [1.54, 1.807) is 0 Å². The van der Waals surface area contributed by atoms with Gasteiger partial charge in [-0.1, -0.05) is 19.3 Å². The van der Waals surface area contributed by atoms with Crippen LogP contribution in [0, 0.1) is 12.3 Å². The number of benzene rings is 1. The van der Waals surface area contributed by atoms with Gasteiger partial charge in [-0.15, -0.1) is 0 Å². The van der Waals surface area contributed by atoms with Crippen molar-refractivity contribution in [2.45, 2.75) is 39.0 Å². The van der Waals surface area contributed by atoms with Crippen LogP contribution >= 0.6 is 0 Å². The quantitative estimate of drug-likeness (QED) is 0.621. The summed E-state index contributed by atoms with van der Waals surface area (Å²) in [5.74, 6) is 0.150. The Hall–Kier alpha value is -1.51. The third kappa shape index (κ3) is 3.03. The maximum absolute atomic E-state index is 7.48. The van der Waals surface area contributed by atoms with Crippen molar-refractivity contribution in [3.8, 4) is 0 Å². The van der Waals surface area contributed by atoms with E-state index in [1.165, 1.54) is 43.4 Å². The molecule has 1 aliphatic heterocycles. The van der Waals surface area contributed by atoms with Gasteiger partial charge in [0.1, 0.15) is 5.84 Å².